The molecule has 0 amide bonds. The standard InChI is InChI=1S/C36H35ClO3/c1-5-35(38)31(8-6-7-26-12-11-24(3)30(20-26)21-36(39)40)32-22-33(34(37)19-25(32)4)29-17-15-28(16-18-29)27-13-9-23(2)10-14-27/h8-20,22H,5-7,21H2,1-4H3,(H,39,40)/b31-8-. The molecule has 0 heterocycles. The Kier molecular flexibility index (Phi) is 9.39. The minimum atomic E-state index is -0.838. The van der Waals surface area contributed by atoms with Gasteiger partial charge >= 0.3 is 5.97 Å². The summed E-state index contributed by atoms with van der Waals surface area (Å²) >= 11 is 6.73. The van der Waals surface area contributed by atoms with Gasteiger partial charge in [0.05, 0.1) is 6.42 Å². The third-order valence-corrected chi connectivity index (χ3v) is 7.66. The van der Waals surface area contributed by atoms with Crippen molar-refractivity contribution in [3.05, 3.63) is 123 Å². The largest absolute Gasteiger partial charge is 0.481 e. The van der Waals surface area contributed by atoms with E-state index in [0.29, 0.717) is 29.9 Å². The Morgan fingerprint density at radius 2 is 1.43 bits per heavy atom. The molecule has 0 spiro atoms. The molecular weight excluding hydrogens is 516 g/mol. The number of allylic oxidation sites excluding steroid dienone is 2. The van der Waals surface area contributed by atoms with Crippen LogP contribution in [0, 0.1) is 20.8 Å². The van der Waals surface area contributed by atoms with Crippen LogP contribution in [0.1, 0.15) is 53.1 Å². The molecule has 0 aromatic heterocycles. The smallest absolute Gasteiger partial charge is 0.307 e. The van der Waals surface area contributed by atoms with Gasteiger partial charge in [-0.1, -0.05) is 96.9 Å². The molecule has 0 saturated heterocycles. The molecule has 0 aliphatic rings. The Hall–Kier alpha value is -3.95. The lowest BCUT2D eigenvalue weighted by molar-refractivity contribution is -0.136. The zero-order valence-electron chi connectivity index (χ0n) is 23.6. The highest BCUT2D eigenvalue weighted by Gasteiger charge is 2.16. The number of carboxylic acid groups (broad SMARTS) is 1. The maximum Gasteiger partial charge on any atom is 0.307 e. The molecular formula is C36H35ClO3. The number of hydrogen-bond donors (Lipinski definition) is 1. The van der Waals surface area contributed by atoms with Crippen molar-refractivity contribution in [2.24, 2.45) is 0 Å². The molecule has 0 unspecified atom stereocenters. The van der Waals surface area contributed by atoms with Crippen molar-refractivity contribution in [1.82, 2.24) is 0 Å². The minimum absolute atomic E-state index is 0.00777. The van der Waals surface area contributed by atoms with Crippen LogP contribution in [-0.2, 0) is 22.4 Å². The van der Waals surface area contributed by atoms with Crippen molar-refractivity contribution in [3.63, 3.8) is 0 Å². The van der Waals surface area contributed by atoms with E-state index < -0.39 is 5.97 Å². The van der Waals surface area contributed by atoms with Crippen LogP contribution >= 0.6 is 11.6 Å². The van der Waals surface area contributed by atoms with Gasteiger partial charge in [-0.15, -0.1) is 0 Å². The first-order valence-electron chi connectivity index (χ1n) is 13.7. The van der Waals surface area contributed by atoms with Gasteiger partial charge in [-0.2, -0.15) is 0 Å². The average molecular weight is 551 g/mol. The first-order chi connectivity index (χ1) is 19.2. The molecule has 0 radical (unpaired) electrons. The van der Waals surface area contributed by atoms with E-state index in [1.807, 2.05) is 57.2 Å². The van der Waals surface area contributed by atoms with Crippen LogP contribution in [0.15, 0.2) is 84.9 Å². The summed E-state index contributed by atoms with van der Waals surface area (Å²) in [4.78, 5) is 24.3. The molecule has 0 aliphatic heterocycles. The first-order valence-corrected chi connectivity index (χ1v) is 14.1. The topological polar surface area (TPSA) is 54.4 Å². The summed E-state index contributed by atoms with van der Waals surface area (Å²) in [6, 6.07) is 26.8. The Labute approximate surface area is 242 Å². The fourth-order valence-electron chi connectivity index (χ4n) is 4.95. The van der Waals surface area contributed by atoms with Crippen LogP contribution in [0.4, 0.5) is 0 Å². The van der Waals surface area contributed by atoms with Gasteiger partial charge in [0, 0.05) is 22.6 Å². The second-order valence-corrected chi connectivity index (χ2v) is 10.8. The lowest BCUT2D eigenvalue weighted by Gasteiger charge is -2.15. The number of hydrogen-bond acceptors (Lipinski definition) is 2. The zero-order chi connectivity index (χ0) is 28.8. The van der Waals surface area contributed by atoms with Crippen molar-refractivity contribution in [3.8, 4) is 22.3 Å². The summed E-state index contributed by atoms with van der Waals surface area (Å²) in [5.74, 6) is -0.753. The van der Waals surface area contributed by atoms with Gasteiger partial charge in [0.2, 0.25) is 0 Å². The van der Waals surface area contributed by atoms with Crippen molar-refractivity contribution in [2.75, 3.05) is 0 Å². The van der Waals surface area contributed by atoms with Crippen LogP contribution in [0.3, 0.4) is 0 Å². The number of carboxylic acids is 1. The fourth-order valence-corrected chi connectivity index (χ4v) is 5.28. The number of ketones is 1. The normalized spacial score (nSPS) is 11.5. The molecule has 0 atom stereocenters. The van der Waals surface area contributed by atoms with Crippen molar-refractivity contribution < 1.29 is 14.7 Å². The predicted octanol–water partition coefficient (Wildman–Crippen LogP) is 9.22. The number of carbonyl (C=O) groups excluding carboxylic acids is 1. The van der Waals surface area contributed by atoms with Gasteiger partial charge < -0.3 is 5.11 Å². The van der Waals surface area contributed by atoms with Gasteiger partial charge in [0.15, 0.2) is 5.78 Å². The van der Waals surface area contributed by atoms with E-state index in [-0.39, 0.29) is 12.2 Å². The number of rotatable bonds is 10. The van der Waals surface area contributed by atoms with Crippen LogP contribution in [0.2, 0.25) is 5.02 Å². The van der Waals surface area contributed by atoms with Crippen LogP contribution in [0.5, 0.6) is 0 Å². The number of carbonyl (C=O) groups is 2. The van der Waals surface area contributed by atoms with Gasteiger partial charge in [0.1, 0.15) is 0 Å². The van der Waals surface area contributed by atoms with Gasteiger partial charge in [-0.05, 0) is 90.3 Å². The van der Waals surface area contributed by atoms with Gasteiger partial charge in [0.25, 0.3) is 0 Å². The minimum Gasteiger partial charge on any atom is -0.481 e. The number of Topliss-reactive ketones (excluding diaryl/α,β-unsaturated/α-hetero) is 1. The molecule has 0 aliphatic carbocycles. The highest BCUT2D eigenvalue weighted by Crippen LogP contribution is 2.35. The molecule has 0 saturated carbocycles. The lowest BCUT2D eigenvalue weighted by atomic mass is 9.90. The molecule has 4 aromatic rings. The summed E-state index contributed by atoms with van der Waals surface area (Å²) < 4.78 is 0. The van der Waals surface area contributed by atoms with E-state index in [1.54, 1.807) is 0 Å². The predicted molar refractivity (Wildman–Crippen MR) is 166 cm³/mol. The maximum atomic E-state index is 13.1. The molecule has 3 nitrogen and oxygen atoms in total. The van der Waals surface area contributed by atoms with E-state index in [0.717, 1.165) is 50.1 Å². The van der Waals surface area contributed by atoms with E-state index in [4.69, 9.17) is 11.6 Å². The van der Waals surface area contributed by atoms with E-state index in [2.05, 4.69) is 55.5 Å². The highest BCUT2D eigenvalue weighted by atomic mass is 35.5. The molecule has 0 bridgehead atoms. The molecule has 4 rings (SSSR count). The van der Waals surface area contributed by atoms with Crippen LogP contribution in [-0.4, -0.2) is 16.9 Å². The monoisotopic (exact) mass is 550 g/mol. The van der Waals surface area contributed by atoms with Crippen LogP contribution < -0.4 is 0 Å². The number of aliphatic carboxylic acids is 1. The number of benzene rings is 4. The third kappa shape index (κ3) is 6.97. The first kappa shape index (κ1) is 29.0. The molecule has 4 heteroatoms. The van der Waals surface area contributed by atoms with E-state index in [1.165, 1.54) is 5.56 Å². The Bertz CT molecular complexity index is 1560. The molecule has 0 fully saturated rings. The van der Waals surface area contributed by atoms with Crippen molar-refractivity contribution >= 4 is 28.9 Å². The fraction of sp³-hybridized carbons (Fsp3) is 0.222. The Morgan fingerprint density at radius 1 is 0.800 bits per heavy atom. The van der Waals surface area contributed by atoms with Crippen molar-refractivity contribution in [1.29, 1.82) is 0 Å². The number of halogens is 1. The average Bonchev–Trinajstić information content (AvgIpc) is 2.93. The Balaban J connectivity index is 1.63. The molecule has 40 heavy (non-hydrogen) atoms. The summed E-state index contributed by atoms with van der Waals surface area (Å²) in [5, 5.41) is 9.87. The molecule has 1 N–H and O–H groups in total. The molecule has 204 valence electrons. The third-order valence-electron chi connectivity index (χ3n) is 7.34. The second-order valence-electron chi connectivity index (χ2n) is 10.4. The van der Waals surface area contributed by atoms with E-state index >= 15 is 0 Å². The maximum absolute atomic E-state index is 13.1. The van der Waals surface area contributed by atoms with E-state index in [9.17, 15) is 14.7 Å². The summed E-state index contributed by atoms with van der Waals surface area (Å²) in [6.45, 7) is 7.87. The van der Waals surface area contributed by atoms with Gasteiger partial charge in [-0.3, -0.25) is 9.59 Å². The summed E-state index contributed by atoms with van der Waals surface area (Å²) in [7, 11) is 0. The quantitative estimate of drug-likeness (QED) is 0.200. The zero-order valence-corrected chi connectivity index (χ0v) is 24.3. The van der Waals surface area contributed by atoms with Gasteiger partial charge in [-0.25, -0.2) is 0 Å². The number of aryl methyl sites for hydroxylation is 4. The Morgan fingerprint density at radius 3 is 2.05 bits per heavy atom. The highest BCUT2D eigenvalue weighted by molar-refractivity contribution is 6.33. The summed E-state index contributed by atoms with van der Waals surface area (Å²) in [6.07, 6.45) is 3.81. The summed E-state index contributed by atoms with van der Waals surface area (Å²) in [5.41, 5.74) is 10.8. The van der Waals surface area contributed by atoms with Crippen molar-refractivity contribution in [2.45, 2.75) is 53.4 Å². The lowest BCUT2D eigenvalue weighted by Crippen LogP contribution is -2.04. The SMILES string of the molecule is CCC(=O)/C(=C\CCc1ccc(C)c(CC(=O)O)c1)c1cc(-c2ccc(-c3ccc(C)cc3)cc2)c(Cl)cc1C. The molecule has 4 aromatic carbocycles. The second kappa shape index (κ2) is 12.9. The van der Waals surface area contributed by atoms with Crippen LogP contribution in [0.25, 0.3) is 27.8 Å².